The molecule has 0 fully saturated rings. The number of ether oxygens (including phenoxy) is 3. The van der Waals surface area contributed by atoms with Crippen LogP contribution in [0.25, 0.3) is 0 Å². The van der Waals surface area contributed by atoms with Crippen LogP contribution < -0.4 is 10.1 Å². The fourth-order valence-corrected chi connectivity index (χ4v) is 3.85. The van der Waals surface area contributed by atoms with Gasteiger partial charge in [0.1, 0.15) is 24.4 Å². The van der Waals surface area contributed by atoms with E-state index in [1.165, 1.54) is 12.1 Å². The maximum absolute atomic E-state index is 13.9. The monoisotopic (exact) mass is 525 g/mol. The second kappa shape index (κ2) is 14.2. The summed E-state index contributed by atoms with van der Waals surface area (Å²) in [6.07, 6.45) is 0.698. The van der Waals surface area contributed by atoms with Crippen molar-refractivity contribution < 1.29 is 32.6 Å². The van der Waals surface area contributed by atoms with Gasteiger partial charge in [0, 0.05) is 0 Å². The molecule has 0 heterocycles. The Kier molecular flexibility index (Phi) is 10.8. The summed E-state index contributed by atoms with van der Waals surface area (Å²) in [7, 11) is 0. The molecule has 6 nitrogen and oxygen atoms in total. The van der Waals surface area contributed by atoms with Crippen LogP contribution in [0.4, 0.5) is 8.78 Å². The van der Waals surface area contributed by atoms with Crippen molar-refractivity contribution in [3.05, 3.63) is 95.6 Å². The predicted octanol–water partition coefficient (Wildman–Crippen LogP) is 5.98. The molecule has 0 aliphatic rings. The lowest BCUT2D eigenvalue weighted by Gasteiger charge is -2.25. The Labute approximate surface area is 221 Å². The summed E-state index contributed by atoms with van der Waals surface area (Å²) in [5.74, 6) is -2.76. The van der Waals surface area contributed by atoms with E-state index in [-0.39, 0.29) is 31.3 Å². The summed E-state index contributed by atoms with van der Waals surface area (Å²) in [4.78, 5) is 25.8. The van der Waals surface area contributed by atoms with Crippen molar-refractivity contribution in [3.8, 4) is 11.5 Å². The zero-order valence-electron chi connectivity index (χ0n) is 21.8. The van der Waals surface area contributed by atoms with Crippen LogP contribution in [0.5, 0.6) is 11.5 Å². The van der Waals surface area contributed by atoms with E-state index in [0.29, 0.717) is 12.2 Å². The third-order valence-corrected chi connectivity index (χ3v) is 5.70. The van der Waals surface area contributed by atoms with Crippen molar-refractivity contribution in [1.29, 1.82) is 0 Å². The van der Waals surface area contributed by atoms with Gasteiger partial charge in [-0.05, 0) is 61.1 Å². The third-order valence-electron chi connectivity index (χ3n) is 5.70. The Morgan fingerprint density at radius 3 is 2.16 bits per heavy atom. The molecule has 0 aromatic heterocycles. The van der Waals surface area contributed by atoms with E-state index < -0.39 is 35.7 Å². The SMILES string of the molecule is CCOC(=O)C(Cc1ccc(Oc2cccc(F)c2F)cc1)NC(CC(C)C)C(=O)OCc1ccccc1. The van der Waals surface area contributed by atoms with Gasteiger partial charge in [-0.25, -0.2) is 4.39 Å². The maximum atomic E-state index is 13.9. The number of rotatable bonds is 13. The van der Waals surface area contributed by atoms with Gasteiger partial charge in [-0.1, -0.05) is 62.4 Å². The van der Waals surface area contributed by atoms with Crippen molar-refractivity contribution in [1.82, 2.24) is 5.32 Å². The van der Waals surface area contributed by atoms with E-state index >= 15 is 0 Å². The fourth-order valence-electron chi connectivity index (χ4n) is 3.85. The van der Waals surface area contributed by atoms with E-state index in [2.05, 4.69) is 5.32 Å². The fraction of sp³-hybridized carbons (Fsp3) is 0.333. The van der Waals surface area contributed by atoms with Crippen molar-refractivity contribution in [2.24, 2.45) is 5.92 Å². The van der Waals surface area contributed by atoms with Crippen LogP contribution >= 0.6 is 0 Å². The highest BCUT2D eigenvalue weighted by molar-refractivity contribution is 5.80. The van der Waals surface area contributed by atoms with E-state index in [9.17, 15) is 18.4 Å². The van der Waals surface area contributed by atoms with Crippen LogP contribution in [0.3, 0.4) is 0 Å². The predicted molar refractivity (Wildman–Crippen MR) is 140 cm³/mol. The second-order valence-electron chi connectivity index (χ2n) is 9.25. The molecule has 0 aliphatic heterocycles. The quantitative estimate of drug-likeness (QED) is 0.277. The molecule has 0 radical (unpaired) electrons. The van der Waals surface area contributed by atoms with Crippen LogP contribution in [0.1, 0.15) is 38.3 Å². The summed E-state index contributed by atoms with van der Waals surface area (Å²) in [6, 6.07) is 18.2. The van der Waals surface area contributed by atoms with E-state index in [1.807, 2.05) is 44.2 Å². The van der Waals surface area contributed by atoms with Gasteiger partial charge in [0.15, 0.2) is 11.6 Å². The van der Waals surface area contributed by atoms with Gasteiger partial charge in [0.25, 0.3) is 0 Å². The van der Waals surface area contributed by atoms with Crippen LogP contribution in [0.15, 0.2) is 72.8 Å². The van der Waals surface area contributed by atoms with E-state index in [1.54, 1.807) is 31.2 Å². The van der Waals surface area contributed by atoms with Gasteiger partial charge < -0.3 is 14.2 Å². The largest absolute Gasteiger partial charge is 0.465 e. The van der Waals surface area contributed by atoms with Crippen molar-refractivity contribution in [2.75, 3.05) is 6.61 Å². The maximum Gasteiger partial charge on any atom is 0.323 e. The molecule has 3 aromatic carbocycles. The number of hydrogen-bond donors (Lipinski definition) is 1. The summed E-state index contributed by atoms with van der Waals surface area (Å²) in [6.45, 7) is 6.01. The molecule has 0 saturated heterocycles. The number of halogens is 2. The lowest BCUT2D eigenvalue weighted by Crippen LogP contribution is -2.50. The van der Waals surface area contributed by atoms with Gasteiger partial charge in [0.2, 0.25) is 5.82 Å². The molecule has 3 rings (SSSR count). The molecule has 38 heavy (non-hydrogen) atoms. The molecule has 2 unspecified atom stereocenters. The molecule has 0 bridgehead atoms. The first-order chi connectivity index (χ1) is 18.3. The van der Waals surface area contributed by atoms with Crippen LogP contribution in [-0.4, -0.2) is 30.6 Å². The average Bonchev–Trinajstić information content (AvgIpc) is 2.90. The molecule has 0 saturated carbocycles. The highest BCUT2D eigenvalue weighted by Gasteiger charge is 2.29. The summed E-state index contributed by atoms with van der Waals surface area (Å²) < 4.78 is 43.7. The van der Waals surface area contributed by atoms with Gasteiger partial charge in [-0.2, -0.15) is 4.39 Å². The molecule has 202 valence electrons. The van der Waals surface area contributed by atoms with Crippen molar-refractivity contribution >= 4 is 11.9 Å². The molecular formula is C30H33F2NO5. The molecule has 3 aromatic rings. The minimum atomic E-state index is -1.07. The number of esters is 2. The molecule has 0 aliphatic carbocycles. The highest BCUT2D eigenvalue weighted by Crippen LogP contribution is 2.26. The normalized spacial score (nSPS) is 12.6. The molecule has 1 N–H and O–H groups in total. The average molecular weight is 526 g/mol. The zero-order valence-corrected chi connectivity index (χ0v) is 21.8. The lowest BCUT2D eigenvalue weighted by molar-refractivity contribution is -0.150. The number of benzene rings is 3. The first-order valence-corrected chi connectivity index (χ1v) is 12.6. The summed E-state index contributed by atoms with van der Waals surface area (Å²) >= 11 is 0. The molecule has 0 spiro atoms. The van der Waals surface area contributed by atoms with Crippen LogP contribution in [0.2, 0.25) is 0 Å². The van der Waals surface area contributed by atoms with E-state index in [0.717, 1.165) is 17.2 Å². The first kappa shape index (κ1) is 28.8. The Bertz CT molecular complexity index is 1190. The summed E-state index contributed by atoms with van der Waals surface area (Å²) in [5, 5.41) is 3.15. The molecular weight excluding hydrogens is 492 g/mol. The Morgan fingerprint density at radius 2 is 1.50 bits per heavy atom. The standard InChI is InChI=1S/C30H33F2NO5/c1-4-36-29(34)26(33-25(17-20(2)3)30(35)37-19-22-9-6-5-7-10-22)18-21-13-15-23(16-14-21)38-27-12-8-11-24(31)28(27)32/h5-16,20,25-26,33H,4,17-19H2,1-3H3. The van der Waals surface area contributed by atoms with E-state index in [4.69, 9.17) is 14.2 Å². The van der Waals surface area contributed by atoms with Crippen LogP contribution in [-0.2, 0) is 32.1 Å². The molecule has 0 amide bonds. The first-order valence-electron chi connectivity index (χ1n) is 12.6. The number of nitrogens with one attached hydrogen (secondary N) is 1. The summed E-state index contributed by atoms with van der Waals surface area (Å²) in [5.41, 5.74) is 1.62. The Hall–Kier alpha value is -3.78. The molecule has 2 atom stereocenters. The van der Waals surface area contributed by atoms with Crippen molar-refractivity contribution in [2.45, 2.75) is 52.3 Å². The Morgan fingerprint density at radius 1 is 0.816 bits per heavy atom. The van der Waals surface area contributed by atoms with Gasteiger partial charge in [0.05, 0.1) is 6.61 Å². The lowest BCUT2D eigenvalue weighted by atomic mass is 10.0. The molecule has 8 heteroatoms. The van der Waals surface area contributed by atoms with Gasteiger partial charge >= 0.3 is 11.9 Å². The number of hydrogen-bond acceptors (Lipinski definition) is 6. The van der Waals surface area contributed by atoms with Crippen LogP contribution in [0, 0.1) is 17.6 Å². The van der Waals surface area contributed by atoms with Crippen molar-refractivity contribution in [3.63, 3.8) is 0 Å². The zero-order chi connectivity index (χ0) is 27.5. The third kappa shape index (κ3) is 8.66. The number of carbonyl (C=O) groups excluding carboxylic acids is 2. The number of carbonyl (C=O) groups is 2. The van der Waals surface area contributed by atoms with Gasteiger partial charge in [-0.15, -0.1) is 0 Å². The minimum Gasteiger partial charge on any atom is -0.465 e. The second-order valence-corrected chi connectivity index (χ2v) is 9.25. The topological polar surface area (TPSA) is 73.9 Å². The minimum absolute atomic E-state index is 0.132. The highest BCUT2D eigenvalue weighted by atomic mass is 19.2. The van der Waals surface area contributed by atoms with Gasteiger partial charge in [-0.3, -0.25) is 14.9 Å². The Balaban J connectivity index is 1.71. The smallest absolute Gasteiger partial charge is 0.323 e.